The van der Waals surface area contributed by atoms with Gasteiger partial charge in [-0.05, 0) is 29.8 Å². The fourth-order valence-corrected chi connectivity index (χ4v) is 2.41. The first-order valence-electron chi connectivity index (χ1n) is 7.23. The summed E-state index contributed by atoms with van der Waals surface area (Å²) in [4.78, 5) is 6.50. The van der Waals surface area contributed by atoms with E-state index in [1.165, 1.54) is 17.7 Å². The molecule has 0 aliphatic rings. The Hall–Kier alpha value is -2.62. The van der Waals surface area contributed by atoms with Crippen LogP contribution in [-0.2, 0) is 13.1 Å². The molecule has 0 aliphatic heterocycles. The van der Waals surface area contributed by atoms with Gasteiger partial charge in [-0.1, -0.05) is 30.3 Å². The van der Waals surface area contributed by atoms with Gasteiger partial charge in [-0.25, -0.2) is 9.37 Å². The van der Waals surface area contributed by atoms with E-state index in [-0.39, 0.29) is 5.82 Å². The lowest BCUT2D eigenvalue weighted by atomic mass is 10.2. The molecule has 3 aromatic rings. The Bertz CT molecular complexity index is 720. The third-order valence-corrected chi connectivity index (χ3v) is 3.64. The van der Waals surface area contributed by atoms with Crippen molar-refractivity contribution in [2.75, 3.05) is 11.9 Å². The van der Waals surface area contributed by atoms with E-state index in [0.717, 1.165) is 18.1 Å². The smallest absolute Gasteiger partial charge is 0.128 e. The zero-order valence-electron chi connectivity index (χ0n) is 12.5. The predicted octanol–water partition coefficient (Wildman–Crippen LogP) is 3.71. The average Bonchev–Trinajstić information content (AvgIpc) is 2.96. The number of aromatic nitrogens is 2. The van der Waals surface area contributed by atoms with Crippen LogP contribution in [-0.4, -0.2) is 16.6 Å². The summed E-state index contributed by atoms with van der Waals surface area (Å²) in [5, 5.41) is 0. The summed E-state index contributed by atoms with van der Waals surface area (Å²) in [6, 6.07) is 16.8. The molecule has 3 nitrogen and oxygen atoms in total. The van der Waals surface area contributed by atoms with Crippen LogP contribution in [0.3, 0.4) is 0 Å². The first kappa shape index (κ1) is 14.3. The highest BCUT2D eigenvalue weighted by molar-refractivity contribution is 5.45. The molecule has 3 rings (SSSR count). The zero-order valence-corrected chi connectivity index (χ0v) is 12.5. The van der Waals surface area contributed by atoms with Crippen LogP contribution < -0.4 is 4.90 Å². The number of nitrogens with zero attached hydrogens (tertiary/aromatic N) is 3. The van der Waals surface area contributed by atoms with E-state index in [1.54, 1.807) is 12.1 Å². The van der Waals surface area contributed by atoms with Crippen molar-refractivity contribution < 1.29 is 4.39 Å². The molecule has 0 unspecified atom stereocenters. The largest absolute Gasteiger partial charge is 0.367 e. The molecule has 0 spiro atoms. The van der Waals surface area contributed by atoms with Crippen molar-refractivity contribution in [3.63, 3.8) is 0 Å². The zero-order chi connectivity index (χ0) is 15.4. The topological polar surface area (TPSA) is 21.1 Å². The lowest BCUT2D eigenvalue weighted by molar-refractivity contribution is 0.627. The monoisotopic (exact) mass is 295 g/mol. The molecule has 0 radical (unpaired) electrons. The third-order valence-electron chi connectivity index (χ3n) is 3.64. The average molecular weight is 295 g/mol. The number of imidazole rings is 1. The lowest BCUT2D eigenvalue weighted by Gasteiger charge is -2.19. The van der Waals surface area contributed by atoms with Crippen molar-refractivity contribution in [1.29, 1.82) is 0 Å². The van der Waals surface area contributed by atoms with Gasteiger partial charge in [-0.3, -0.25) is 0 Å². The van der Waals surface area contributed by atoms with Gasteiger partial charge >= 0.3 is 0 Å². The Morgan fingerprint density at radius 2 is 1.77 bits per heavy atom. The molecule has 0 N–H and O–H groups in total. The van der Waals surface area contributed by atoms with E-state index in [1.807, 2.05) is 37.6 Å². The van der Waals surface area contributed by atoms with Crippen molar-refractivity contribution >= 4 is 5.69 Å². The summed E-state index contributed by atoms with van der Waals surface area (Å²) < 4.78 is 15.1. The van der Waals surface area contributed by atoms with Crippen molar-refractivity contribution in [3.8, 4) is 0 Å². The molecular formula is C18H18FN3. The van der Waals surface area contributed by atoms with Crippen LogP contribution in [0.5, 0.6) is 0 Å². The van der Waals surface area contributed by atoms with Gasteiger partial charge in [0.1, 0.15) is 11.6 Å². The first-order chi connectivity index (χ1) is 10.7. The summed E-state index contributed by atoms with van der Waals surface area (Å²) >= 11 is 0. The second-order valence-corrected chi connectivity index (χ2v) is 5.29. The van der Waals surface area contributed by atoms with Gasteiger partial charge in [0.05, 0.1) is 6.54 Å². The van der Waals surface area contributed by atoms with E-state index in [2.05, 4.69) is 26.6 Å². The SMILES string of the molecule is CN(Cc1nccn1Cc1ccccc1)c1ccc(F)cc1. The minimum absolute atomic E-state index is 0.220. The molecule has 1 heterocycles. The highest BCUT2D eigenvalue weighted by atomic mass is 19.1. The number of halogens is 1. The van der Waals surface area contributed by atoms with Gasteiger partial charge in [-0.2, -0.15) is 0 Å². The highest BCUT2D eigenvalue weighted by Gasteiger charge is 2.08. The minimum Gasteiger partial charge on any atom is -0.367 e. The van der Waals surface area contributed by atoms with Crippen molar-refractivity contribution in [3.05, 3.63) is 84.2 Å². The van der Waals surface area contributed by atoms with Crippen LogP contribution in [0.4, 0.5) is 10.1 Å². The van der Waals surface area contributed by atoms with E-state index in [0.29, 0.717) is 6.54 Å². The Morgan fingerprint density at radius 3 is 2.50 bits per heavy atom. The molecule has 0 saturated heterocycles. The molecule has 0 bridgehead atoms. The molecule has 4 heteroatoms. The molecule has 0 saturated carbocycles. The summed E-state index contributed by atoms with van der Waals surface area (Å²) in [5.74, 6) is 0.762. The van der Waals surface area contributed by atoms with E-state index >= 15 is 0 Å². The highest BCUT2D eigenvalue weighted by Crippen LogP contribution is 2.16. The number of benzene rings is 2. The number of hydrogen-bond acceptors (Lipinski definition) is 2. The van der Waals surface area contributed by atoms with Gasteiger partial charge in [0.2, 0.25) is 0 Å². The molecule has 1 aromatic heterocycles. The Labute approximate surface area is 129 Å². The minimum atomic E-state index is -0.220. The van der Waals surface area contributed by atoms with Crippen LogP contribution in [0.1, 0.15) is 11.4 Å². The van der Waals surface area contributed by atoms with Crippen LogP contribution in [0.25, 0.3) is 0 Å². The molecule has 0 fully saturated rings. The molecule has 0 atom stereocenters. The Morgan fingerprint density at radius 1 is 1.05 bits per heavy atom. The van der Waals surface area contributed by atoms with Crippen molar-refractivity contribution in [2.45, 2.75) is 13.1 Å². The molecule has 0 amide bonds. The third kappa shape index (κ3) is 3.34. The number of rotatable bonds is 5. The summed E-state index contributed by atoms with van der Waals surface area (Å²) in [6.07, 6.45) is 3.80. The van der Waals surface area contributed by atoms with Gasteiger partial charge < -0.3 is 9.47 Å². The van der Waals surface area contributed by atoms with Crippen LogP contribution in [0.15, 0.2) is 67.0 Å². The fraction of sp³-hybridized carbons (Fsp3) is 0.167. The maximum Gasteiger partial charge on any atom is 0.128 e. The number of hydrogen-bond donors (Lipinski definition) is 0. The standard InChI is InChI=1S/C18H18FN3/c1-21(17-9-7-16(19)8-10-17)14-18-20-11-12-22(18)13-15-5-3-2-4-6-15/h2-12H,13-14H2,1H3. The second-order valence-electron chi connectivity index (χ2n) is 5.29. The maximum atomic E-state index is 13.0. The fourth-order valence-electron chi connectivity index (χ4n) is 2.41. The summed E-state index contributed by atoms with van der Waals surface area (Å²) in [7, 11) is 1.98. The van der Waals surface area contributed by atoms with Crippen molar-refractivity contribution in [2.24, 2.45) is 0 Å². The second kappa shape index (κ2) is 6.43. The molecule has 0 aliphatic carbocycles. The molecular weight excluding hydrogens is 277 g/mol. The van der Waals surface area contributed by atoms with Gasteiger partial charge in [0.15, 0.2) is 0 Å². The van der Waals surface area contributed by atoms with Crippen LogP contribution in [0.2, 0.25) is 0 Å². The van der Waals surface area contributed by atoms with Gasteiger partial charge in [-0.15, -0.1) is 0 Å². The molecule has 112 valence electrons. The lowest BCUT2D eigenvalue weighted by Crippen LogP contribution is -2.19. The Kier molecular flexibility index (Phi) is 4.19. The van der Waals surface area contributed by atoms with Gasteiger partial charge in [0.25, 0.3) is 0 Å². The first-order valence-corrected chi connectivity index (χ1v) is 7.23. The maximum absolute atomic E-state index is 13.0. The van der Waals surface area contributed by atoms with Crippen molar-refractivity contribution in [1.82, 2.24) is 9.55 Å². The van der Waals surface area contributed by atoms with Gasteiger partial charge in [0, 0.05) is 31.7 Å². The molecule has 2 aromatic carbocycles. The van der Waals surface area contributed by atoms with E-state index in [9.17, 15) is 4.39 Å². The quantitative estimate of drug-likeness (QED) is 0.715. The normalized spacial score (nSPS) is 10.6. The van der Waals surface area contributed by atoms with E-state index < -0.39 is 0 Å². The number of anilines is 1. The van der Waals surface area contributed by atoms with Crippen LogP contribution in [0, 0.1) is 5.82 Å². The Balaban J connectivity index is 1.73. The molecule has 22 heavy (non-hydrogen) atoms. The van der Waals surface area contributed by atoms with E-state index in [4.69, 9.17) is 0 Å². The van der Waals surface area contributed by atoms with Crippen LogP contribution >= 0.6 is 0 Å². The predicted molar refractivity (Wildman–Crippen MR) is 86.3 cm³/mol. The summed E-state index contributed by atoms with van der Waals surface area (Å²) in [5.41, 5.74) is 2.21. The summed E-state index contributed by atoms with van der Waals surface area (Å²) in [6.45, 7) is 1.47.